The number of anilines is 2. The first-order chi connectivity index (χ1) is 9.81. The molecular formula is C17H29N3O. The molecule has 1 amide bonds. The van der Waals surface area contributed by atoms with Gasteiger partial charge in [0.25, 0.3) is 5.91 Å². The van der Waals surface area contributed by atoms with Crippen LogP contribution in [0.3, 0.4) is 0 Å². The number of carbonyl (C=O) groups is 1. The molecule has 4 N–H and O–H groups in total. The summed E-state index contributed by atoms with van der Waals surface area (Å²) < 4.78 is 0. The third-order valence-corrected chi connectivity index (χ3v) is 3.55. The summed E-state index contributed by atoms with van der Waals surface area (Å²) in [6.45, 7) is 10.2. The molecule has 0 saturated carbocycles. The minimum Gasteiger partial charge on any atom is -0.399 e. The number of amides is 1. The van der Waals surface area contributed by atoms with Crippen LogP contribution in [-0.4, -0.2) is 23.9 Å². The third kappa shape index (κ3) is 5.66. The van der Waals surface area contributed by atoms with Crippen LogP contribution in [0.25, 0.3) is 0 Å². The van der Waals surface area contributed by atoms with E-state index in [0.717, 1.165) is 25.9 Å². The van der Waals surface area contributed by atoms with E-state index in [4.69, 9.17) is 11.5 Å². The molecule has 0 unspecified atom stereocenters. The van der Waals surface area contributed by atoms with Crippen LogP contribution in [-0.2, 0) is 0 Å². The van der Waals surface area contributed by atoms with Crippen molar-refractivity contribution in [2.75, 3.05) is 24.6 Å². The molecular weight excluding hydrogens is 262 g/mol. The molecule has 0 heterocycles. The predicted molar refractivity (Wildman–Crippen MR) is 90.1 cm³/mol. The third-order valence-electron chi connectivity index (χ3n) is 3.55. The molecule has 4 heteroatoms. The number of nitrogen functional groups attached to an aromatic ring is 2. The molecule has 21 heavy (non-hydrogen) atoms. The lowest BCUT2D eigenvalue weighted by Crippen LogP contribution is -2.34. The SMILES string of the molecule is CC(C)CCN(CCC(C)C)C(=O)c1ccc(N)cc1N. The van der Waals surface area contributed by atoms with Crippen LogP contribution in [0, 0.1) is 11.8 Å². The number of benzene rings is 1. The van der Waals surface area contributed by atoms with Gasteiger partial charge in [0.15, 0.2) is 0 Å². The highest BCUT2D eigenvalue weighted by atomic mass is 16.2. The van der Waals surface area contributed by atoms with Crippen molar-refractivity contribution in [1.82, 2.24) is 4.90 Å². The van der Waals surface area contributed by atoms with E-state index in [1.165, 1.54) is 0 Å². The highest BCUT2D eigenvalue weighted by molar-refractivity contribution is 5.99. The fourth-order valence-corrected chi connectivity index (χ4v) is 2.09. The predicted octanol–water partition coefficient (Wildman–Crippen LogP) is 3.39. The van der Waals surface area contributed by atoms with Gasteiger partial charge in [0, 0.05) is 24.5 Å². The average Bonchev–Trinajstić information content (AvgIpc) is 2.37. The zero-order valence-corrected chi connectivity index (χ0v) is 13.7. The van der Waals surface area contributed by atoms with Crippen molar-refractivity contribution in [2.45, 2.75) is 40.5 Å². The first kappa shape index (κ1) is 17.3. The molecule has 4 nitrogen and oxygen atoms in total. The molecule has 0 aliphatic rings. The summed E-state index contributed by atoms with van der Waals surface area (Å²) in [5.74, 6) is 1.15. The van der Waals surface area contributed by atoms with Gasteiger partial charge < -0.3 is 16.4 Å². The molecule has 0 bridgehead atoms. The van der Waals surface area contributed by atoms with Gasteiger partial charge >= 0.3 is 0 Å². The Labute approximate surface area is 128 Å². The molecule has 1 aromatic carbocycles. The summed E-state index contributed by atoms with van der Waals surface area (Å²) >= 11 is 0. The zero-order valence-electron chi connectivity index (χ0n) is 13.7. The van der Waals surface area contributed by atoms with Crippen molar-refractivity contribution in [2.24, 2.45) is 11.8 Å². The van der Waals surface area contributed by atoms with E-state index in [9.17, 15) is 4.79 Å². The second kappa shape index (κ2) is 7.91. The number of nitrogens with zero attached hydrogens (tertiary/aromatic N) is 1. The Bertz CT molecular complexity index is 457. The Balaban J connectivity index is 2.86. The van der Waals surface area contributed by atoms with Crippen molar-refractivity contribution in [3.63, 3.8) is 0 Å². The number of rotatable bonds is 7. The minimum absolute atomic E-state index is 0.00815. The number of carbonyl (C=O) groups excluding carboxylic acids is 1. The molecule has 1 rings (SSSR count). The molecule has 0 aliphatic heterocycles. The lowest BCUT2D eigenvalue weighted by Gasteiger charge is -2.25. The van der Waals surface area contributed by atoms with Crippen molar-refractivity contribution in [3.05, 3.63) is 23.8 Å². The quantitative estimate of drug-likeness (QED) is 0.756. The molecule has 0 spiro atoms. The van der Waals surface area contributed by atoms with Gasteiger partial charge in [-0.05, 0) is 42.9 Å². The van der Waals surface area contributed by atoms with Gasteiger partial charge in [-0.25, -0.2) is 0 Å². The summed E-state index contributed by atoms with van der Waals surface area (Å²) in [7, 11) is 0. The molecule has 0 saturated heterocycles. The van der Waals surface area contributed by atoms with Crippen LogP contribution < -0.4 is 11.5 Å². The van der Waals surface area contributed by atoms with E-state index in [2.05, 4.69) is 27.7 Å². The van der Waals surface area contributed by atoms with Crippen molar-refractivity contribution >= 4 is 17.3 Å². The molecule has 0 aromatic heterocycles. The summed E-state index contributed by atoms with van der Waals surface area (Å²) in [4.78, 5) is 14.6. The highest BCUT2D eigenvalue weighted by Gasteiger charge is 2.18. The van der Waals surface area contributed by atoms with Gasteiger partial charge in [-0.15, -0.1) is 0 Å². The maximum Gasteiger partial charge on any atom is 0.255 e. The van der Waals surface area contributed by atoms with Crippen molar-refractivity contribution in [1.29, 1.82) is 0 Å². The summed E-state index contributed by atoms with van der Waals surface area (Å²) in [6.07, 6.45) is 2.00. The Kier molecular flexibility index (Phi) is 6.53. The summed E-state index contributed by atoms with van der Waals surface area (Å²) in [5.41, 5.74) is 13.2. The molecule has 0 radical (unpaired) electrons. The van der Waals surface area contributed by atoms with Crippen LogP contribution in [0.15, 0.2) is 18.2 Å². The van der Waals surface area contributed by atoms with Crippen molar-refractivity contribution < 1.29 is 4.79 Å². The van der Waals surface area contributed by atoms with Crippen LogP contribution >= 0.6 is 0 Å². The first-order valence-electron chi connectivity index (χ1n) is 7.75. The topological polar surface area (TPSA) is 72.3 Å². The lowest BCUT2D eigenvalue weighted by atomic mass is 10.1. The van der Waals surface area contributed by atoms with E-state index in [-0.39, 0.29) is 5.91 Å². The monoisotopic (exact) mass is 291 g/mol. The van der Waals surface area contributed by atoms with Crippen LogP contribution in [0.2, 0.25) is 0 Å². The van der Waals surface area contributed by atoms with E-state index in [1.54, 1.807) is 18.2 Å². The molecule has 0 aliphatic carbocycles. The Hall–Kier alpha value is -1.71. The summed E-state index contributed by atoms with van der Waals surface area (Å²) in [5, 5.41) is 0. The van der Waals surface area contributed by atoms with Crippen molar-refractivity contribution in [3.8, 4) is 0 Å². The van der Waals surface area contributed by atoms with E-state index >= 15 is 0 Å². The number of hydrogen-bond donors (Lipinski definition) is 2. The maximum absolute atomic E-state index is 12.7. The zero-order chi connectivity index (χ0) is 16.0. The Morgan fingerprint density at radius 1 is 1.05 bits per heavy atom. The van der Waals surface area contributed by atoms with E-state index < -0.39 is 0 Å². The van der Waals surface area contributed by atoms with E-state index in [0.29, 0.717) is 28.8 Å². The van der Waals surface area contributed by atoms with Gasteiger partial charge in [-0.2, -0.15) is 0 Å². The van der Waals surface area contributed by atoms with Crippen LogP contribution in [0.4, 0.5) is 11.4 Å². The molecule has 1 aromatic rings. The van der Waals surface area contributed by atoms with Gasteiger partial charge in [0.05, 0.1) is 5.56 Å². The smallest absolute Gasteiger partial charge is 0.255 e. The Morgan fingerprint density at radius 3 is 2.00 bits per heavy atom. The number of hydrogen-bond acceptors (Lipinski definition) is 3. The fraction of sp³-hybridized carbons (Fsp3) is 0.588. The van der Waals surface area contributed by atoms with E-state index in [1.807, 2.05) is 4.90 Å². The lowest BCUT2D eigenvalue weighted by molar-refractivity contribution is 0.0742. The second-order valence-electron chi connectivity index (χ2n) is 6.50. The van der Waals surface area contributed by atoms with Gasteiger partial charge in [-0.1, -0.05) is 27.7 Å². The largest absolute Gasteiger partial charge is 0.399 e. The molecule has 0 atom stereocenters. The first-order valence-corrected chi connectivity index (χ1v) is 7.75. The Morgan fingerprint density at radius 2 is 1.57 bits per heavy atom. The standard InChI is InChI=1S/C17H29N3O/c1-12(2)7-9-20(10-8-13(3)4)17(21)15-6-5-14(18)11-16(15)19/h5-6,11-13H,7-10,18-19H2,1-4H3. The number of nitrogens with two attached hydrogens (primary N) is 2. The second-order valence-corrected chi connectivity index (χ2v) is 6.50. The maximum atomic E-state index is 12.7. The van der Waals surface area contributed by atoms with Gasteiger partial charge in [-0.3, -0.25) is 4.79 Å². The fourth-order valence-electron chi connectivity index (χ4n) is 2.09. The molecule has 118 valence electrons. The van der Waals surface area contributed by atoms with Gasteiger partial charge in [0.2, 0.25) is 0 Å². The van der Waals surface area contributed by atoms with Crippen LogP contribution in [0.1, 0.15) is 50.9 Å². The van der Waals surface area contributed by atoms with Gasteiger partial charge in [0.1, 0.15) is 0 Å². The average molecular weight is 291 g/mol. The van der Waals surface area contributed by atoms with Crippen LogP contribution in [0.5, 0.6) is 0 Å². The normalized spacial score (nSPS) is 11.1. The highest BCUT2D eigenvalue weighted by Crippen LogP contribution is 2.19. The minimum atomic E-state index is 0.00815. The summed E-state index contributed by atoms with van der Waals surface area (Å²) in [6, 6.07) is 5.10. The molecule has 0 fully saturated rings.